The molecule has 12 rings (SSSR count). The largest absolute Gasteiger partial charge is 0.276 e. The van der Waals surface area contributed by atoms with Gasteiger partial charge in [0.1, 0.15) is 0 Å². The van der Waals surface area contributed by atoms with Crippen LogP contribution < -0.4 is 0 Å². The zero-order chi connectivity index (χ0) is 54.1. The van der Waals surface area contributed by atoms with Gasteiger partial charge >= 0.3 is 0 Å². The lowest BCUT2D eigenvalue weighted by molar-refractivity contribution is -0.230. The molecule has 0 heterocycles. The zero-order valence-corrected chi connectivity index (χ0v) is 48.2. The first-order chi connectivity index (χ1) is 37.9. The maximum absolute atomic E-state index is 16.5. The Morgan fingerprint density at radius 2 is 0.282 bits per heavy atom. The molecular weight excluding hydrogens is 977 g/mol. The van der Waals surface area contributed by atoms with Gasteiger partial charge in [-0.05, 0) is 141 Å². The van der Waals surface area contributed by atoms with Crippen LogP contribution in [0.3, 0.4) is 0 Å². The Morgan fingerprint density at radius 1 is 0.179 bits per heavy atom. The van der Waals surface area contributed by atoms with Gasteiger partial charge in [-0.3, -0.25) is 58.0 Å². The molecule has 78 heavy (non-hydrogen) atoms. The number of hydrogen-bond acceptors (Lipinski definition) is 8. The van der Waals surface area contributed by atoms with Crippen molar-refractivity contribution in [2.45, 2.75) is 318 Å². The molecule has 0 N–H and O–H groups in total. The topological polar surface area (TPSA) is 150 Å². The van der Waals surface area contributed by atoms with Crippen molar-refractivity contribution >= 4 is 47.3 Å². The minimum Gasteiger partial charge on any atom is -0.276 e. The molecule has 0 spiro atoms. The number of imide groups is 4. The van der Waals surface area contributed by atoms with E-state index >= 15 is 38.4 Å². The molecule has 0 unspecified atom stereocenters. The number of amides is 8. The molecule has 0 atom stereocenters. The van der Waals surface area contributed by atoms with Gasteiger partial charge in [0.25, 0.3) is 0 Å². The fourth-order valence-electron chi connectivity index (χ4n) is 19.9. The van der Waals surface area contributed by atoms with E-state index in [1.165, 1.54) is 0 Å². The van der Waals surface area contributed by atoms with E-state index in [2.05, 4.69) is 0 Å². The zero-order valence-electron chi connectivity index (χ0n) is 48.2. The van der Waals surface area contributed by atoms with Crippen LogP contribution in [0.25, 0.3) is 0 Å². The summed E-state index contributed by atoms with van der Waals surface area (Å²) in [6.07, 6.45) is 33.8. The molecule has 0 radical (unpaired) electrons. The fourth-order valence-corrected chi connectivity index (χ4v) is 19.9. The van der Waals surface area contributed by atoms with Crippen molar-refractivity contribution in [3.63, 3.8) is 0 Å². The van der Waals surface area contributed by atoms with Gasteiger partial charge in [-0.1, -0.05) is 154 Å². The molecular formula is C66H100N4O8. The predicted octanol–water partition coefficient (Wildman–Crippen LogP) is 13.4. The smallest absolute Gasteiger partial charge is 0.232 e. The Morgan fingerprint density at radius 3 is 0.385 bits per heavy atom. The molecule has 432 valence electrons. The SMILES string of the molecule is O=C(C1CCCCC1)N(C(=O)C1CCCCC1)C12CC3(N(C(=O)C4CCCCC4)C(=O)C4CCCCC4)CC(N(C(=O)C4CCCCC4)C(=O)C4CCCCC4)(C1)CC(N(C(=O)C1CCCCC1)C(=O)C1CCCCC1)(C2)C3. The molecule has 12 heteroatoms. The summed E-state index contributed by atoms with van der Waals surface area (Å²) in [5.74, 6) is -4.76. The van der Waals surface area contributed by atoms with Crippen LogP contribution in [-0.2, 0) is 38.4 Å². The third-order valence-corrected chi connectivity index (χ3v) is 23.2. The Kier molecular flexibility index (Phi) is 17.5. The highest BCUT2D eigenvalue weighted by molar-refractivity contribution is 6.03. The molecule has 0 aliphatic heterocycles. The van der Waals surface area contributed by atoms with Crippen molar-refractivity contribution in [3.8, 4) is 0 Å². The van der Waals surface area contributed by atoms with Crippen molar-refractivity contribution in [1.82, 2.24) is 19.6 Å². The summed E-state index contributed by atoms with van der Waals surface area (Å²) in [4.78, 5) is 139. The third-order valence-electron chi connectivity index (χ3n) is 23.2. The first kappa shape index (κ1) is 56.4. The van der Waals surface area contributed by atoms with Crippen molar-refractivity contribution < 1.29 is 38.4 Å². The summed E-state index contributed by atoms with van der Waals surface area (Å²) in [7, 11) is 0. The molecule has 4 bridgehead atoms. The molecule has 12 nitrogen and oxygen atoms in total. The van der Waals surface area contributed by atoms with Gasteiger partial charge in [0.2, 0.25) is 47.3 Å². The minimum atomic E-state index is -1.41. The van der Waals surface area contributed by atoms with Gasteiger partial charge in [-0.15, -0.1) is 0 Å². The Hall–Kier alpha value is -3.44. The average Bonchev–Trinajstić information content (AvgIpc) is 3.36. The van der Waals surface area contributed by atoms with E-state index in [0.717, 1.165) is 154 Å². The third kappa shape index (κ3) is 10.9. The molecule has 0 aromatic carbocycles. The molecule has 12 fully saturated rings. The first-order valence-corrected chi connectivity index (χ1v) is 33.4. The van der Waals surface area contributed by atoms with E-state index < -0.39 is 69.5 Å². The summed E-state index contributed by atoms with van der Waals surface area (Å²) in [5.41, 5.74) is -5.64. The molecule has 8 amide bonds. The van der Waals surface area contributed by atoms with Crippen LogP contribution in [0.15, 0.2) is 0 Å². The van der Waals surface area contributed by atoms with E-state index in [4.69, 9.17) is 0 Å². The summed E-state index contributed by atoms with van der Waals surface area (Å²) < 4.78 is 0. The monoisotopic (exact) mass is 1080 g/mol. The van der Waals surface area contributed by atoms with Crippen LogP contribution in [0.2, 0.25) is 0 Å². The number of carbonyl (C=O) groups is 8. The molecule has 0 aromatic heterocycles. The second-order valence-corrected chi connectivity index (χ2v) is 28.7. The highest BCUT2D eigenvalue weighted by Crippen LogP contribution is 2.69. The van der Waals surface area contributed by atoms with Gasteiger partial charge in [0.05, 0.1) is 22.2 Å². The van der Waals surface area contributed by atoms with Crippen LogP contribution in [0.4, 0.5) is 0 Å². The number of nitrogens with zero attached hydrogens (tertiary/aromatic N) is 4. The molecule has 12 aliphatic rings. The van der Waals surface area contributed by atoms with Crippen LogP contribution >= 0.6 is 0 Å². The maximum Gasteiger partial charge on any atom is 0.232 e. The number of rotatable bonds is 12. The first-order valence-electron chi connectivity index (χ1n) is 33.4. The van der Waals surface area contributed by atoms with Gasteiger partial charge in [0.15, 0.2) is 0 Å². The Bertz CT molecular complexity index is 1750. The quantitative estimate of drug-likeness (QED) is 0.175. The maximum atomic E-state index is 16.5. The summed E-state index contributed by atoms with van der Waals surface area (Å²) in [6.45, 7) is 0. The van der Waals surface area contributed by atoms with Crippen molar-refractivity contribution in [1.29, 1.82) is 0 Å². The molecule has 0 saturated heterocycles. The fraction of sp³-hybridized carbons (Fsp3) is 0.879. The normalized spacial score (nSPS) is 32.5. The summed E-state index contributed by atoms with van der Waals surface area (Å²) in [5, 5.41) is 0. The lowest BCUT2D eigenvalue weighted by Crippen LogP contribution is -2.86. The van der Waals surface area contributed by atoms with E-state index in [1.54, 1.807) is 19.6 Å². The van der Waals surface area contributed by atoms with Crippen LogP contribution in [-0.4, -0.2) is 89.0 Å². The minimum absolute atomic E-state index is 0.156. The lowest BCUT2D eigenvalue weighted by atomic mass is 9.42. The second-order valence-electron chi connectivity index (χ2n) is 28.7. The standard InChI is InChI=1S/C66H100N4O8/c71-55(47-25-9-1-10-26-47)67(56(72)48-27-11-2-12-28-48)63-41-64(68(57(73)49-29-13-3-14-30-49)58(74)50-31-15-4-16-32-50)44-65(42-63,69(59(75)51-33-17-5-18-34-51)60(76)52-35-19-6-20-36-52)46-66(43-63,45-64)70(61(77)53-37-21-7-22-38-53)62(78)54-39-23-8-24-40-54/h47-54H,1-46H2. The van der Waals surface area contributed by atoms with E-state index in [-0.39, 0.29) is 85.8 Å². The second kappa shape index (κ2) is 24.2. The highest BCUT2D eigenvalue weighted by atomic mass is 16.2. The van der Waals surface area contributed by atoms with Crippen molar-refractivity contribution in [3.05, 3.63) is 0 Å². The number of hydrogen-bond donors (Lipinski definition) is 0. The highest BCUT2D eigenvalue weighted by Gasteiger charge is 2.78. The van der Waals surface area contributed by atoms with E-state index in [0.29, 0.717) is 103 Å². The van der Waals surface area contributed by atoms with Gasteiger partial charge in [-0.25, -0.2) is 0 Å². The van der Waals surface area contributed by atoms with E-state index in [1.807, 2.05) is 0 Å². The predicted molar refractivity (Wildman–Crippen MR) is 299 cm³/mol. The van der Waals surface area contributed by atoms with Gasteiger partial charge in [0, 0.05) is 47.3 Å². The molecule has 12 saturated carbocycles. The number of carbonyl (C=O) groups excluding carboxylic acids is 8. The Labute approximate surface area is 468 Å². The van der Waals surface area contributed by atoms with Gasteiger partial charge < -0.3 is 0 Å². The summed E-state index contributed by atoms with van der Waals surface area (Å²) >= 11 is 0. The van der Waals surface area contributed by atoms with Crippen LogP contribution in [0.1, 0.15) is 295 Å². The lowest BCUT2D eigenvalue weighted by Gasteiger charge is -2.75. The van der Waals surface area contributed by atoms with Crippen molar-refractivity contribution in [2.75, 3.05) is 0 Å². The van der Waals surface area contributed by atoms with E-state index in [9.17, 15) is 0 Å². The molecule has 12 aliphatic carbocycles. The summed E-state index contributed by atoms with van der Waals surface area (Å²) in [6, 6.07) is 0. The Balaban J connectivity index is 1.20. The van der Waals surface area contributed by atoms with Crippen molar-refractivity contribution in [2.24, 2.45) is 47.3 Å². The van der Waals surface area contributed by atoms with Crippen LogP contribution in [0, 0.1) is 47.3 Å². The van der Waals surface area contributed by atoms with Gasteiger partial charge in [-0.2, -0.15) is 0 Å². The van der Waals surface area contributed by atoms with Crippen LogP contribution in [0.5, 0.6) is 0 Å². The average molecular weight is 1080 g/mol. The molecule has 0 aromatic rings.